The Morgan fingerprint density at radius 2 is 2.19 bits per heavy atom. The second-order valence-corrected chi connectivity index (χ2v) is 3.72. The van der Waals surface area contributed by atoms with Gasteiger partial charge in [-0.1, -0.05) is 6.07 Å². The van der Waals surface area contributed by atoms with Crippen LogP contribution in [0, 0.1) is 0 Å². The molecule has 4 N–H and O–H groups in total. The molecular formula is C10H13Cl2NO3. The highest BCUT2D eigenvalue weighted by molar-refractivity contribution is 6.20. The number of benzene rings is 1. The van der Waals surface area contributed by atoms with Gasteiger partial charge >= 0.3 is 5.97 Å². The van der Waals surface area contributed by atoms with Gasteiger partial charge < -0.3 is 10.6 Å². The topological polar surface area (TPSA) is 80.8 Å². The predicted octanol–water partition coefficient (Wildman–Crippen LogP) is 1.36. The van der Waals surface area contributed by atoms with E-state index in [-0.39, 0.29) is 23.4 Å². The molecule has 0 amide bonds. The second-order valence-electron chi connectivity index (χ2n) is 3.29. The molecule has 1 aromatic rings. The zero-order valence-electron chi connectivity index (χ0n) is 8.37. The Balaban J connectivity index is 0.00000112. The first-order chi connectivity index (χ1) is 6.68. The maximum absolute atomic E-state index is 10.7. The van der Waals surface area contributed by atoms with E-state index in [2.05, 4.69) is 5.32 Å². The van der Waals surface area contributed by atoms with Crippen molar-refractivity contribution in [2.75, 3.05) is 6.54 Å². The lowest BCUT2D eigenvalue weighted by atomic mass is 9.98. The summed E-state index contributed by atoms with van der Waals surface area (Å²) in [5.74, 6) is -0.891. The van der Waals surface area contributed by atoms with Gasteiger partial charge in [0.25, 0.3) is 0 Å². The Bertz CT molecular complexity index is 384. The summed E-state index contributed by atoms with van der Waals surface area (Å²) in [7, 11) is 0. The van der Waals surface area contributed by atoms with E-state index in [1.54, 1.807) is 18.2 Å². The molecule has 90 valence electrons. The largest absolute Gasteiger partial charge is 0.478 e. The van der Waals surface area contributed by atoms with Gasteiger partial charge in [-0.25, -0.2) is 4.79 Å². The first-order valence-electron chi connectivity index (χ1n) is 4.42. The lowest BCUT2D eigenvalue weighted by molar-refractivity contribution is 0.0696. The van der Waals surface area contributed by atoms with Crippen LogP contribution >= 0.6 is 24.0 Å². The molecule has 6 heteroatoms. The zero-order valence-corrected chi connectivity index (χ0v) is 9.94. The summed E-state index contributed by atoms with van der Waals surface area (Å²) in [6, 6.07) is 5.07. The molecule has 1 unspecified atom stereocenters. The van der Waals surface area contributed by atoms with Crippen LogP contribution < -0.4 is 5.32 Å². The molecule has 1 aliphatic rings. The van der Waals surface area contributed by atoms with Crippen molar-refractivity contribution in [2.24, 2.45) is 0 Å². The van der Waals surface area contributed by atoms with E-state index in [1.807, 2.05) is 0 Å². The standard InChI is InChI=1S/C10H10ClNO2.ClH.H2O/c11-9-8-2-1-7(10(13)14)5-6(8)3-4-12-9;;/h1-2,5,9,12H,3-4H2,(H,13,14);1H;1H2. The van der Waals surface area contributed by atoms with Crippen molar-refractivity contribution in [3.8, 4) is 0 Å². The van der Waals surface area contributed by atoms with Crippen LogP contribution in [-0.4, -0.2) is 23.1 Å². The van der Waals surface area contributed by atoms with E-state index in [1.165, 1.54) is 0 Å². The third-order valence-corrected chi connectivity index (χ3v) is 2.77. The number of aromatic carboxylic acids is 1. The first-order valence-corrected chi connectivity index (χ1v) is 4.85. The van der Waals surface area contributed by atoms with Crippen molar-refractivity contribution in [1.29, 1.82) is 0 Å². The van der Waals surface area contributed by atoms with Crippen molar-refractivity contribution in [2.45, 2.75) is 11.9 Å². The van der Waals surface area contributed by atoms with Gasteiger partial charge in [0.05, 0.1) is 5.56 Å². The van der Waals surface area contributed by atoms with Crippen molar-refractivity contribution >= 4 is 30.0 Å². The highest BCUT2D eigenvalue weighted by atomic mass is 35.5. The Morgan fingerprint density at radius 1 is 1.50 bits per heavy atom. The molecule has 1 aromatic carbocycles. The molecule has 0 saturated heterocycles. The number of alkyl halides is 1. The summed E-state index contributed by atoms with van der Waals surface area (Å²) in [6.07, 6.45) is 0.833. The van der Waals surface area contributed by atoms with E-state index < -0.39 is 5.97 Å². The molecule has 0 aromatic heterocycles. The maximum Gasteiger partial charge on any atom is 0.335 e. The molecule has 0 radical (unpaired) electrons. The van der Waals surface area contributed by atoms with Gasteiger partial charge in [-0.2, -0.15) is 0 Å². The summed E-state index contributed by atoms with van der Waals surface area (Å²) >= 11 is 6.02. The maximum atomic E-state index is 10.7. The summed E-state index contributed by atoms with van der Waals surface area (Å²) in [6.45, 7) is 0.796. The Hall–Kier alpha value is -0.810. The van der Waals surface area contributed by atoms with Crippen molar-refractivity contribution in [3.05, 3.63) is 34.9 Å². The minimum Gasteiger partial charge on any atom is -0.478 e. The lowest BCUT2D eigenvalue weighted by Gasteiger charge is -2.22. The van der Waals surface area contributed by atoms with E-state index in [0.717, 1.165) is 24.1 Å². The second kappa shape index (κ2) is 6.06. The van der Waals surface area contributed by atoms with Gasteiger partial charge in [0.15, 0.2) is 0 Å². The SMILES string of the molecule is Cl.O.O=C(O)c1ccc2c(c1)CCNC2Cl. The number of fused-ring (bicyclic) bond motifs is 1. The minimum absolute atomic E-state index is 0. The molecule has 0 aliphatic carbocycles. The van der Waals surface area contributed by atoms with Gasteiger partial charge in [0.1, 0.15) is 5.50 Å². The Labute approximate surface area is 104 Å². The van der Waals surface area contributed by atoms with Crippen LogP contribution in [0.15, 0.2) is 18.2 Å². The van der Waals surface area contributed by atoms with Crippen LogP contribution in [0.1, 0.15) is 27.0 Å². The molecule has 0 bridgehead atoms. The van der Waals surface area contributed by atoms with Gasteiger partial charge in [0, 0.05) is 6.54 Å². The minimum atomic E-state index is -0.891. The third-order valence-electron chi connectivity index (χ3n) is 2.38. The van der Waals surface area contributed by atoms with E-state index in [9.17, 15) is 4.79 Å². The fourth-order valence-electron chi connectivity index (χ4n) is 1.65. The Kier molecular flexibility index (Phi) is 5.75. The molecule has 0 spiro atoms. The number of hydrogen-bond donors (Lipinski definition) is 2. The van der Waals surface area contributed by atoms with Crippen molar-refractivity contribution in [1.82, 2.24) is 5.32 Å². The van der Waals surface area contributed by atoms with Crippen LogP contribution in [0.2, 0.25) is 0 Å². The predicted molar refractivity (Wildman–Crippen MR) is 64.6 cm³/mol. The van der Waals surface area contributed by atoms with Crippen molar-refractivity contribution in [3.63, 3.8) is 0 Å². The fourth-order valence-corrected chi connectivity index (χ4v) is 1.97. The number of rotatable bonds is 1. The van der Waals surface area contributed by atoms with Crippen LogP contribution in [0.5, 0.6) is 0 Å². The molecule has 4 nitrogen and oxygen atoms in total. The molecule has 16 heavy (non-hydrogen) atoms. The Morgan fingerprint density at radius 3 is 2.81 bits per heavy atom. The number of halogens is 2. The number of carboxylic acids is 1. The molecule has 2 rings (SSSR count). The van der Waals surface area contributed by atoms with E-state index >= 15 is 0 Å². The average Bonchev–Trinajstić information content (AvgIpc) is 2.17. The lowest BCUT2D eigenvalue weighted by Crippen LogP contribution is -2.26. The first kappa shape index (κ1) is 15.2. The number of hydrogen-bond acceptors (Lipinski definition) is 2. The van der Waals surface area contributed by atoms with Crippen LogP contribution in [0.3, 0.4) is 0 Å². The monoisotopic (exact) mass is 265 g/mol. The summed E-state index contributed by atoms with van der Waals surface area (Å²) < 4.78 is 0. The van der Waals surface area contributed by atoms with Crippen LogP contribution in [0.25, 0.3) is 0 Å². The summed E-state index contributed by atoms with van der Waals surface area (Å²) in [5.41, 5.74) is 2.16. The molecule has 1 aliphatic heterocycles. The molecule has 0 saturated carbocycles. The highest BCUT2D eigenvalue weighted by Gasteiger charge is 2.18. The van der Waals surface area contributed by atoms with Crippen LogP contribution in [0.4, 0.5) is 0 Å². The zero-order chi connectivity index (χ0) is 10.1. The highest BCUT2D eigenvalue weighted by Crippen LogP contribution is 2.26. The van der Waals surface area contributed by atoms with Crippen LogP contribution in [-0.2, 0) is 6.42 Å². The molecule has 0 fully saturated rings. The average molecular weight is 266 g/mol. The number of carboxylic acid groups (broad SMARTS) is 1. The normalized spacial score (nSPS) is 17.7. The third kappa shape index (κ3) is 2.86. The molecule has 1 atom stereocenters. The van der Waals surface area contributed by atoms with E-state index in [0.29, 0.717) is 5.56 Å². The molecular weight excluding hydrogens is 253 g/mol. The number of carbonyl (C=O) groups is 1. The van der Waals surface area contributed by atoms with Gasteiger partial charge in [-0.15, -0.1) is 24.0 Å². The quantitative estimate of drug-likeness (QED) is 0.595. The summed E-state index contributed by atoms with van der Waals surface area (Å²) in [5, 5.41) is 11.9. The summed E-state index contributed by atoms with van der Waals surface area (Å²) in [4.78, 5) is 10.7. The molecule has 1 heterocycles. The smallest absolute Gasteiger partial charge is 0.335 e. The van der Waals surface area contributed by atoms with Gasteiger partial charge in [0.2, 0.25) is 0 Å². The van der Waals surface area contributed by atoms with Crippen molar-refractivity contribution < 1.29 is 15.4 Å². The van der Waals surface area contributed by atoms with Gasteiger partial charge in [-0.3, -0.25) is 5.32 Å². The fraction of sp³-hybridized carbons (Fsp3) is 0.300. The van der Waals surface area contributed by atoms with E-state index in [4.69, 9.17) is 16.7 Å². The van der Waals surface area contributed by atoms with Gasteiger partial charge in [-0.05, 0) is 29.7 Å². The number of nitrogens with one attached hydrogen (secondary N) is 1.